The highest BCUT2D eigenvalue weighted by Crippen LogP contribution is 2.12. The van der Waals surface area contributed by atoms with E-state index < -0.39 is 0 Å². The molecule has 0 aliphatic rings. The van der Waals surface area contributed by atoms with Crippen LogP contribution < -0.4 is 5.32 Å². The largest absolute Gasteiger partial charge is 0.359 e. The van der Waals surface area contributed by atoms with Gasteiger partial charge in [0.2, 0.25) is 0 Å². The van der Waals surface area contributed by atoms with E-state index >= 15 is 0 Å². The fourth-order valence-corrected chi connectivity index (χ4v) is 2.25. The van der Waals surface area contributed by atoms with Crippen LogP contribution in [0, 0.1) is 5.92 Å². The van der Waals surface area contributed by atoms with Gasteiger partial charge in [-0.25, -0.2) is 0 Å². The summed E-state index contributed by atoms with van der Waals surface area (Å²) >= 11 is 0. The second-order valence-electron chi connectivity index (χ2n) is 5.96. The van der Waals surface area contributed by atoms with Crippen molar-refractivity contribution in [1.29, 1.82) is 0 Å². The molecule has 0 aliphatic carbocycles. The number of nitrogens with zero attached hydrogens (tertiary/aromatic N) is 2. The number of hydrogen-bond donors (Lipinski definition) is 1. The Labute approximate surface area is 125 Å². The van der Waals surface area contributed by atoms with Gasteiger partial charge in [-0.3, -0.25) is 4.79 Å². The minimum atomic E-state index is -0.101. The van der Waals surface area contributed by atoms with Gasteiger partial charge in [-0.2, -0.15) is 0 Å². The molecule has 0 bridgehead atoms. The lowest BCUT2D eigenvalue weighted by molar-refractivity contribution is 0.0936. The van der Waals surface area contributed by atoms with Crippen LogP contribution in [-0.4, -0.2) is 15.6 Å². The summed E-state index contributed by atoms with van der Waals surface area (Å²) in [6, 6.07) is 5.86. The van der Waals surface area contributed by atoms with Crippen molar-refractivity contribution in [1.82, 2.24) is 15.0 Å². The first-order valence-corrected chi connectivity index (χ1v) is 7.37. The molecule has 0 unspecified atom stereocenters. The molecular formula is C16H23N3O2. The molecule has 2 heterocycles. The molecule has 0 radical (unpaired) electrons. The molecule has 2 aromatic heterocycles. The van der Waals surface area contributed by atoms with Crippen LogP contribution in [0.5, 0.6) is 0 Å². The summed E-state index contributed by atoms with van der Waals surface area (Å²) in [6.07, 6.45) is 2.79. The first-order valence-electron chi connectivity index (χ1n) is 7.37. The van der Waals surface area contributed by atoms with E-state index in [9.17, 15) is 4.79 Å². The number of nitrogens with one attached hydrogen (secondary N) is 1. The van der Waals surface area contributed by atoms with Crippen LogP contribution in [0.2, 0.25) is 0 Å². The molecule has 0 saturated heterocycles. The minimum Gasteiger partial charge on any atom is -0.359 e. The van der Waals surface area contributed by atoms with E-state index in [1.165, 1.54) is 0 Å². The van der Waals surface area contributed by atoms with Gasteiger partial charge in [-0.05, 0) is 38.3 Å². The Morgan fingerprint density at radius 3 is 2.81 bits per heavy atom. The summed E-state index contributed by atoms with van der Waals surface area (Å²) in [5.74, 6) is 1.11. The Hall–Kier alpha value is -2.04. The van der Waals surface area contributed by atoms with Crippen LogP contribution in [0.15, 0.2) is 28.9 Å². The molecule has 1 amide bonds. The van der Waals surface area contributed by atoms with Crippen LogP contribution in [0.25, 0.3) is 0 Å². The predicted octanol–water partition coefficient (Wildman–Crippen LogP) is 3.19. The third-order valence-corrected chi connectivity index (χ3v) is 3.22. The van der Waals surface area contributed by atoms with Crippen molar-refractivity contribution in [3.05, 3.63) is 41.5 Å². The van der Waals surface area contributed by atoms with Crippen molar-refractivity contribution in [2.45, 2.75) is 46.7 Å². The SMILES string of the molecule is CC(C)Cc1cc(CNC(=O)c2cccn2C(C)C)on1. The van der Waals surface area contributed by atoms with Gasteiger partial charge in [-0.1, -0.05) is 19.0 Å². The summed E-state index contributed by atoms with van der Waals surface area (Å²) in [7, 11) is 0. The van der Waals surface area contributed by atoms with E-state index in [4.69, 9.17) is 4.52 Å². The molecule has 5 nitrogen and oxygen atoms in total. The van der Waals surface area contributed by atoms with Crippen molar-refractivity contribution in [2.24, 2.45) is 5.92 Å². The van der Waals surface area contributed by atoms with Crippen molar-refractivity contribution in [2.75, 3.05) is 0 Å². The van der Waals surface area contributed by atoms with E-state index in [0.29, 0.717) is 23.9 Å². The molecule has 1 N–H and O–H groups in total. The maximum atomic E-state index is 12.2. The minimum absolute atomic E-state index is 0.101. The first kappa shape index (κ1) is 15.4. The predicted molar refractivity (Wildman–Crippen MR) is 81.0 cm³/mol. The lowest BCUT2D eigenvalue weighted by Gasteiger charge is -2.12. The fourth-order valence-electron chi connectivity index (χ4n) is 2.25. The number of carbonyl (C=O) groups is 1. The summed E-state index contributed by atoms with van der Waals surface area (Å²) < 4.78 is 7.18. The molecule has 0 fully saturated rings. The van der Waals surface area contributed by atoms with Crippen LogP contribution in [-0.2, 0) is 13.0 Å². The monoisotopic (exact) mass is 289 g/mol. The van der Waals surface area contributed by atoms with Crippen LogP contribution in [0.1, 0.15) is 55.7 Å². The normalized spacial score (nSPS) is 11.3. The summed E-state index contributed by atoms with van der Waals surface area (Å²) in [4.78, 5) is 12.2. The number of aromatic nitrogens is 2. The maximum absolute atomic E-state index is 12.2. The highest BCUT2D eigenvalue weighted by atomic mass is 16.5. The first-order chi connectivity index (χ1) is 9.97. The Balaban J connectivity index is 1.95. The number of hydrogen-bond acceptors (Lipinski definition) is 3. The average Bonchev–Trinajstić information content (AvgIpc) is 3.03. The molecule has 2 aromatic rings. The molecule has 114 valence electrons. The topological polar surface area (TPSA) is 60.1 Å². The number of carbonyl (C=O) groups excluding carboxylic acids is 1. The van der Waals surface area contributed by atoms with Crippen LogP contribution in [0.4, 0.5) is 0 Å². The smallest absolute Gasteiger partial charge is 0.268 e. The standard InChI is InChI=1S/C16H23N3O2/c1-11(2)8-13-9-14(21-18-13)10-17-16(20)15-6-5-7-19(15)12(3)4/h5-7,9,11-12H,8,10H2,1-4H3,(H,17,20). The van der Waals surface area contributed by atoms with E-state index in [0.717, 1.165) is 12.1 Å². The van der Waals surface area contributed by atoms with Gasteiger partial charge in [-0.15, -0.1) is 0 Å². The zero-order valence-electron chi connectivity index (χ0n) is 13.1. The molecule has 0 saturated carbocycles. The fraction of sp³-hybridized carbons (Fsp3) is 0.500. The second kappa shape index (κ2) is 6.61. The van der Waals surface area contributed by atoms with Gasteiger partial charge < -0.3 is 14.4 Å². The molecule has 0 atom stereocenters. The molecule has 21 heavy (non-hydrogen) atoms. The maximum Gasteiger partial charge on any atom is 0.268 e. The van der Waals surface area contributed by atoms with Crippen molar-refractivity contribution >= 4 is 5.91 Å². The zero-order chi connectivity index (χ0) is 15.4. The molecule has 0 aromatic carbocycles. The van der Waals surface area contributed by atoms with Crippen LogP contribution >= 0.6 is 0 Å². The van der Waals surface area contributed by atoms with Gasteiger partial charge in [0.05, 0.1) is 12.2 Å². The van der Waals surface area contributed by atoms with Gasteiger partial charge in [0.1, 0.15) is 5.69 Å². The number of amides is 1. The summed E-state index contributed by atoms with van der Waals surface area (Å²) in [5, 5.41) is 6.88. The Morgan fingerprint density at radius 2 is 2.14 bits per heavy atom. The van der Waals surface area contributed by atoms with E-state index in [1.807, 2.05) is 42.8 Å². The van der Waals surface area contributed by atoms with Crippen molar-refractivity contribution in [3.8, 4) is 0 Å². The summed E-state index contributed by atoms with van der Waals surface area (Å²) in [5.41, 5.74) is 1.59. The number of rotatable bonds is 6. The lowest BCUT2D eigenvalue weighted by atomic mass is 10.1. The van der Waals surface area contributed by atoms with E-state index in [2.05, 4.69) is 24.3 Å². The van der Waals surface area contributed by atoms with Gasteiger partial charge in [0.25, 0.3) is 5.91 Å². The van der Waals surface area contributed by atoms with E-state index in [-0.39, 0.29) is 11.9 Å². The average molecular weight is 289 g/mol. The Morgan fingerprint density at radius 1 is 1.38 bits per heavy atom. The zero-order valence-corrected chi connectivity index (χ0v) is 13.1. The van der Waals surface area contributed by atoms with Gasteiger partial charge in [0, 0.05) is 18.3 Å². The van der Waals surface area contributed by atoms with Gasteiger partial charge in [0.15, 0.2) is 5.76 Å². The highest BCUT2D eigenvalue weighted by Gasteiger charge is 2.13. The van der Waals surface area contributed by atoms with Crippen molar-refractivity contribution < 1.29 is 9.32 Å². The van der Waals surface area contributed by atoms with Crippen LogP contribution in [0.3, 0.4) is 0 Å². The van der Waals surface area contributed by atoms with E-state index in [1.54, 1.807) is 0 Å². The molecular weight excluding hydrogens is 266 g/mol. The highest BCUT2D eigenvalue weighted by molar-refractivity contribution is 5.92. The van der Waals surface area contributed by atoms with Gasteiger partial charge >= 0.3 is 0 Å². The summed E-state index contributed by atoms with van der Waals surface area (Å²) in [6.45, 7) is 8.72. The Bertz CT molecular complexity index is 596. The molecule has 0 spiro atoms. The third kappa shape index (κ3) is 3.97. The lowest BCUT2D eigenvalue weighted by Crippen LogP contribution is -2.25. The third-order valence-electron chi connectivity index (χ3n) is 3.22. The molecule has 2 rings (SSSR count). The quantitative estimate of drug-likeness (QED) is 0.888. The molecule has 5 heteroatoms. The van der Waals surface area contributed by atoms with Crippen molar-refractivity contribution in [3.63, 3.8) is 0 Å². The molecule has 0 aliphatic heterocycles. The Kier molecular flexibility index (Phi) is 4.83. The second-order valence-corrected chi connectivity index (χ2v) is 5.96.